The molecule has 1 unspecified atom stereocenters. The number of hydrogen-bond acceptors (Lipinski definition) is 2. The molecule has 56 valence electrons. The van der Waals surface area contributed by atoms with Crippen LogP contribution in [0.25, 0.3) is 0 Å². The van der Waals surface area contributed by atoms with Gasteiger partial charge in [0.15, 0.2) is 0 Å². The van der Waals surface area contributed by atoms with Crippen molar-refractivity contribution in [2.24, 2.45) is 5.92 Å². The van der Waals surface area contributed by atoms with E-state index in [0.717, 1.165) is 0 Å². The first-order valence-corrected chi connectivity index (χ1v) is 3.03. The number of rotatable bonds is 4. The number of ketones is 1. The molecule has 0 spiro atoms. The summed E-state index contributed by atoms with van der Waals surface area (Å²) >= 11 is 0. The Balaban J connectivity index is 4.15. The molecule has 0 saturated carbocycles. The molecule has 0 aromatic heterocycles. The van der Waals surface area contributed by atoms with E-state index >= 15 is 0 Å². The molecule has 0 heterocycles. The Hall–Kier alpha value is -1.12. The summed E-state index contributed by atoms with van der Waals surface area (Å²) in [4.78, 5) is 20.7. The van der Waals surface area contributed by atoms with Crippen molar-refractivity contribution in [2.45, 2.75) is 13.3 Å². The topological polar surface area (TPSA) is 54.4 Å². The van der Waals surface area contributed by atoms with Crippen LogP contribution in [0.5, 0.6) is 0 Å². The van der Waals surface area contributed by atoms with Crippen LogP contribution in [0.3, 0.4) is 0 Å². The number of allylic oxidation sites excluding steroid dienone is 1. The first-order chi connectivity index (χ1) is 4.63. The van der Waals surface area contributed by atoms with Crippen molar-refractivity contribution in [3.05, 3.63) is 12.7 Å². The van der Waals surface area contributed by atoms with Gasteiger partial charge >= 0.3 is 5.97 Å². The summed E-state index contributed by atoms with van der Waals surface area (Å²) in [6.07, 6.45) is 1.85. The second-order valence-corrected chi connectivity index (χ2v) is 1.92. The van der Waals surface area contributed by atoms with Gasteiger partial charge in [-0.05, 0) is 6.42 Å². The van der Waals surface area contributed by atoms with E-state index in [2.05, 4.69) is 6.58 Å². The second-order valence-electron chi connectivity index (χ2n) is 1.92. The molecule has 0 fully saturated rings. The predicted octanol–water partition coefficient (Wildman–Crippen LogP) is 0.852. The summed E-state index contributed by atoms with van der Waals surface area (Å²) in [6.45, 7) is 5.09. The minimum Gasteiger partial charge on any atom is -0.475 e. The Kier molecular flexibility index (Phi) is 3.39. The van der Waals surface area contributed by atoms with Crippen LogP contribution in [0.1, 0.15) is 13.3 Å². The van der Waals surface area contributed by atoms with Gasteiger partial charge in [0.1, 0.15) is 0 Å². The van der Waals surface area contributed by atoms with Crippen molar-refractivity contribution in [2.75, 3.05) is 0 Å². The van der Waals surface area contributed by atoms with Gasteiger partial charge in [0.25, 0.3) is 0 Å². The van der Waals surface area contributed by atoms with Gasteiger partial charge in [-0.2, -0.15) is 0 Å². The molecule has 0 saturated heterocycles. The Morgan fingerprint density at radius 3 is 2.30 bits per heavy atom. The molecule has 10 heavy (non-hydrogen) atoms. The third kappa shape index (κ3) is 2.01. The Bertz CT molecular complexity index is 160. The zero-order valence-corrected chi connectivity index (χ0v) is 5.83. The number of carbonyl (C=O) groups is 2. The van der Waals surface area contributed by atoms with Crippen molar-refractivity contribution in [3.63, 3.8) is 0 Å². The van der Waals surface area contributed by atoms with Gasteiger partial charge in [-0.15, -0.1) is 6.58 Å². The molecule has 3 heteroatoms. The Morgan fingerprint density at radius 2 is 2.20 bits per heavy atom. The van der Waals surface area contributed by atoms with Gasteiger partial charge in [-0.3, -0.25) is 4.79 Å². The lowest BCUT2D eigenvalue weighted by molar-refractivity contribution is -0.150. The summed E-state index contributed by atoms with van der Waals surface area (Å²) in [5.41, 5.74) is 0. The highest BCUT2D eigenvalue weighted by Gasteiger charge is 2.19. The van der Waals surface area contributed by atoms with Gasteiger partial charge in [-0.25, -0.2) is 4.79 Å². The summed E-state index contributed by atoms with van der Waals surface area (Å²) in [5.74, 6) is -2.69. The van der Waals surface area contributed by atoms with Gasteiger partial charge in [0.2, 0.25) is 5.78 Å². The first kappa shape index (κ1) is 8.88. The molecular formula is C7H10O3. The molecular weight excluding hydrogens is 132 g/mol. The van der Waals surface area contributed by atoms with E-state index in [1.807, 2.05) is 0 Å². The standard InChI is InChI=1S/C7H10O3/c1-3-5(4-2)6(8)7(9)10/h3,5H,1,4H2,2H3,(H,9,10). The largest absolute Gasteiger partial charge is 0.475 e. The van der Waals surface area contributed by atoms with Crippen LogP contribution in [0.4, 0.5) is 0 Å². The maximum absolute atomic E-state index is 10.6. The summed E-state index contributed by atoms with van der Waals surface area (Å²) in [7, 11) is 0. The van der Waals surface area contributed by atoms with Crippen molar-refractivity contribution >= 4 is 11.8 Å². The summed E-state index contributed by atoms with van der Waals surface area (Å²) in [6, 6.07) is 0. The van der Waals surface area contributed by atoms with Gasteiger partial charge in [0.05, 0.1) is 0 Å². The molecule has 0 aliphatic carbocycles. The number of aliphatic carboxylic acids is 1. The molecule has 0 amide bonds. The van der Waals surface area contributed by atoms with Crippen LogP contribution in [-0.4, -0.2) is 16.9 Å². The van der Waals surface area contributed by atoms with Gasteiger partial charge < -0.3 is 5.11 Å². The summed E-state index contributed by atoms with van der Waals surface area (Å²) in [5, 5.41) is 8.22. The average Bonchev–Trinajstić information content (AvgIpc) is 1.90. The maximum atomic E-state index is 10.6. The van der Waals surface area contributed by atoms with Crippen LogP contribution >= 0.6 is 0 Å². The number of carbonyl (C=O) groups excluding carboxylic acids is 1. The number of carboxylic acid groups (broad SMARTS) is 1. The molecule has 3 nitrogen and oxygen atoms in total. The lowest BCUT2D eigenvalue weighted by Crippen LogP contribution is -2.20. The van der Waals surface area contributed by atoms with Crippen LogP contribution in [-0.2, 0) is 9.59 Å². The highest BCUT2D eigenvalue weighted by molar-refractivity contribution is 6.33. The fourth-order valence-corrected chi connectivity index (χ4v) is 0.618. The number of carboxylic acids is 1. The van der Waals surface area contributed by atoms with Crippen LogP contribution < -0.4 is 0 Å². The lowest BCUT2D eigenvalue weighted by atomic mass is 10.0. The smallest absolute Gasteiger partial charge is 0.372 e. The molecule has 0 rings (SSSR count). The Morgan fingerprint density at radius 1 is 1.70 bits per heavy atom. The SMILES string of the molecule is C=CC(CC)C(=O)C(=O)O. The van der Waals surface area contributed by atoms with Crippen molar-refractivity contribution < 1.29 is 14.7 Å². The normalized spacial score (nSPS) is 12.1. The fourth-order valence-electron chi connectivity index (χ4n) is 0.618. The van der Waals surface area contributed by atoms with Gasteiger partial charge in [-0.1, -0.05) is 13.0 Å². The fraction of sp³-hybridized carbons (Fsp3) is 0.429. The van der Waals surface area contributed by atoms with E-state index in [-0.39, 0.29) is 0 Å². The molecule has 0 bridgehead atoms. The first-order valence-electron chi connectivity index (χ1n) is 3.03. The predicted molar refractivity (Wildman–Crippen MR) is 36.6 cm³/mol. The van der Waals surface area contributed by atoms with Crippen LogP contribution in [0.15, 0.2) is 12.7 Å². The van der Waals surface area contributed by atoms with E-state index < -0.39 is 17.7 Å². The molecule has 1 N–H and O–H groups in total. The summed E-state index contributed by atoms with van der Waals surface area (Å²) < 4.78 is 0. The molecule has 0 aliphatic heterocycles. The zero-order valence-electron chi connectivity index (χ0n) is 5.83. The van der Waals surface area contributed by atoms with Crippen molar-refractivity contribution in [1.29, 1.82) is 0 Å². The minimum atomic E-state index is -1.38. The van der Waals surface area contributed by atoms with Crippen molar-refractivity contribution in [1.82, 2.24) is 0 Å². The zero-order chi connectivity index (χ0) is 8.15. The second kappa shape index (κ2) is 3.82. The van der Waals surface area contributed by atoms with Gasteiger partial charge in [0, 0.05) is 5.92 Å². The highest BCUT2D eigenvalue weighted by atomic mass is 16.4. The van der Waals surface area contributed by atoms with Crippen LogP contribution in [0, 0.1) is 5.92 Å². The molecule has 0 aromatic carbocycles. The van der Waals surface area contributed by atoms with E-state index in [1.54, 1.807) is 6.92 Å². The minimum absolute atomic E-state index is 0.495. The highest BCUT2D eigenvalue weighted by Crippen LogP contribution is 2.04. The maximum Gasteiger partial charge on any atom is 0.372 e. The monoisotopic (exact) mass is 142 g/mol. The Labute approximate surface area is 59.4 Å². The third-order valence-corrected chi connectivity index (χ3v) is 1.27. The van der Waals surface area contributed by atoms with Crippen LogP contribution in [0.2, 0.25) is 0 Å². The average molecular weight is 142 g/mol. The lowest BCUT2D eigenvalue weighted by Gasteiger charge is -2.01. The van der Waals surface area contributed by atoms with E-state index in [1.165, 1.54) is 6.08 Å². The van der Waals surface area contributed by atoms with E-state index in [0.29, 0.717) is 6.42 Å². The molecule has 0 aromatic rings. The van der Waals surface area contributed by atoms with E-state index in [4.69, 9.17) is 5.11 Å². The van der Waals surface area contributed by atoms with E-state index in [9.17, 15) is 9.59 Å². The number of Topliss-reactive ketones (excluding diaryl/α,β-unsaturated/α-hetero) is 1. The molecule has 0 radical (unpaired) electrons. The third-order valence-electron chi connectivity index (χ3n) is 1.27. The van der Waals surface area contributed by atoms with Crippen molar-refractivity contribution in [3.8, 4) is 0 Å². The number of hydrogen-bond donors (Lipinski definition) is 1. The molecule has 0 aliphatic rings. The molecule has 1 atom stereocenters. The quantitative estimate of drug-likeness (QED) is 0.467.